The first-order chi connectivity index (χ1) is 6.36. The first-order valence-corrected chi connectivity index (χ1v) is 4.70. The number of rotatable bonds is 2. The van der Waals surface area contributed by atoms with Gasteiger partial charge in [0.05, 0.1) is 7.11 Å². The van der Waals surface area contributed by atoms with Crippen LogP contribution >= 0.6 is 0 Å². The van der Waals surface area contributed by atoms with Crippen LogP contribution in [0.15, 0.2) is 18.2 Å². The highest BCUT2D eigenvalue weighted by atomic mass is 16.5. The molecule has 2 rings (SSSR count). The summed E-state index contributed by atoms with van der Waals surface area (Å²) < 4.78 is 5.32. The van der Waals surface area contributed by atoms with Crippen LogP contribution in [0.4, 0.5) is 0 Å². The van der Waals surface area contributed by atoms with E-state index in [1.807, 2.05) is 13.1 Å². The minimum absolute atomic E-state index is 0.519. The van der Waals surface area contributed by atoms with E-state index in [0.29, 0.717) is 6.04 Å². The molecule has 1 unspecified atom stereocenters. The van der Waals surface area contributed by atoms with Crippen molar-refractivity contribution in [3.05, 3.63) is 29.3 Å². The van der Waals surface area contributed by atoms with Gasteiger partial charge in [0.1, 0.15) is 5.75 Å². The fraction of sp³-hybridized carbons (Fsp3) is 0.455. The number of fused-ring (bicyclic) bond motifs is 1. The predicted molar refractivity (Wildman–Crippen MR) is 53.1 cm³/mol. The third-order valence-electron chi connectivity index (χ3n) is 2.80. The average molecular weight is 177 g/mol. The minimum Gasteiger partial charge on any atom is -0.496 e. The largest absolute Gasteiger partial charge is 0.496 e. The Balaban J connectivity index is 2.43. The van der Waals surface area contributed by atoms with E-state index in [4.69, 9.17) is 4.74 Å². The van der Waals surface area contributed by atoms with Crippen molar-refractivity contribution in [2.75, 3.05) is 14.2 Å². The van der Waals surface area contributed by atoms with Crippen LogP contribution in [0.5, 0.6) is 5.75 Å². The fourth-order valence-electron chi connectivity index (χ4n) is 2.11. The fourth-order valence-corrected chi connectivity index (χ4v) is 2.11. The molecule has 0 saturated carbocycles. The summed E-state index contributed by atoms with van der Waals surface area (Å²) in [6, 6.07) is 6.81. The Kier molecular flexibility index (Phi) is 2.23. The van der Waals surface area contributed by atoms with E-state index in [2.05, 4.69) is 17.4 Å². The molecule has 2 nitrogen and oxygen atoms in total. The number of benzene rings is 1. The zero-order valence-electron chi connectivity index (χ0n) is 8.13. The molecule has 13 heavy (non-hydrogen) atoms. The van der Waals surface area contributed by atoms with Crippen LogP contribution < -0.4 is 10.1 Å². The van der Waals surface area contributed by atoms with Crippen LogP contribution in [0.3, 0.4) is 0 Å². The van der Waals surface area contributed by atoms with Gasteiger partial charge in [0.2, 0.25) is 0 Å². The highest BCUT2D eigenvalue weighted by molar-refractivity contribution is 5.44. The van der Waals surface area contributed by atoms with Crippen molar-refractivity contribution >= 4 is 0 Å². The Labute approximate surface area is 78.9 Å². The van der Waals surface area contributed by atoms with Crippen molar-refractivity contribution in [3.8, 4) is 5.75 Å². The summed E-state index contributed by atoms with van der Waals surface area (Å²) >= 11 is 0. The van der Waals surface area contributed by atoms with Gasteiger partial charge in [-0.15, -0.1) is 0 Å². The molecule has 0 aromatic heterocycles. The second-order valence-electron chi connectivity index (χ2n) is 3.41. The van der Waals surface area contributed by atoms with Crippen LogP contribution in [0, 0.1) is 0 Å². The molecule has 1 aromatic rings. The lowest BCUT2D eigenvalue weighted by Crippen LogP contribution is -2.12. The Morgan fingerprint density at radius 2 is 2.31 bits per heavy atom. The van der Waals surface area contributed by atoms with Gasteiger partial charge < -0.3 is 10.1 Å². The molecule has 0 radical (unpaired) electrons. The lowest BCUT2D eigenvalue weighted by molar-refractivity contribution is 0.410. The van der Waals surface area contributed by atoms with Crippen molar-refractivity contribution < 1.29 is 4.74 Å². The van der Waals surface area contributed by atoms with Crippen LogP contribution in [0.2, 0.25) is 0 Å². The number of methoxy groups -OCH3 is 1. The first kappa shape index (κ1) is 8.57. The number of hydrogen-bond donors (Lipinski definition) is 1. The van der Waals surface area contributed by atoms with Crippen LogP contribution in [0.1, 0.15) is 23.6 Å². The zero-order valence-corrected chi connectivity index (χ0v) is 8.13. The van der Waals surface area contributed by atoms with Crippen molar-refractivity contribution in [1.82, 2.24) is 5.32 Å². The van der Waals surface area contributed by atoms with Gasteiger partial charge >= 0.3 is 0 Å². The molecule has 70 valence electrons. The molecular formula is C11H15NO. The topological polar surface area (TPSA) is 21.3 Å². The van der Waals surface area contributed by atoms with Crippen molar-refractivity contribution in [1.29, 1.82) is 0 Å². The van der Waals surface area contributed by atoms with E-state index in [9.17, 15) is 0 Å². The summed E-state index contributed by atoms with van der Waals surface area (Å²) in [6.45, 7) is 0. The van der Waals surface area contributed by atoms with Gasteiger partial charge in [-0.1, -0.05) is 12.1 Å². The molecule has 1 aliphatic carbocycles. The van der Waals surface area contributed by atoms with Crippen LogP contribution in [-0.2, 0) is 6.42 Å². The van der Waals surface area contributed by atoms with E-state index in [1.54, 1.807) is 7.11 Å². The van der Waals surface area contributed by atoms with Gasteiger partial charge in [0, 0.05) is 6.04 Å². The lowest BCUT2D eigenvalue weighted by atomic mass is 10.1. The summed E-state index contributed by atoms with van der Waals surface area (Å²) in [5.74, 6) is 1.04. The second kappa shape index (κ2) is 3.38. The van der Waals surface area contributed by atoms with Crippen LogP contribution in [0.25, 0.3) is 0 Å². The maximum Gasteiger partial charge on any atom is 0.122 e. The SMILES string of the molecule is CNC1CCc2c(OC)cccc21. The Bertz CT molecular complexity index is 309. The molecule has 1 N–H and O–H groups in total. The van der Waals surface area contributed by atoms with E-state index in [-0.39, 0.29) is 0 Å². The van der Waals surface area contributed by atoms with E-state index < -0.39 is 0 Å². The summed E-state index contributed by atoms with van der Waals surface area (Å²) in [5, 5.41) is 3.32. The molecule has 2 heteroatoms. The highest BCUT2D eigenvalue weighted by Crippen LogP contribution is 2.36. The molecule has 1 aliphatic rings. The van der Waals surface area contributed by atoms with E-state index >= 15 is 0 Å². The van der Waals surface area contributed by atoms with E-state index in [1.165, 1.54) is 17.5 Å². The standard InChI is InChI=1S/C11H15NO/c1-12-10-7-6-9-8(10)4-3-5-11(9)13-2/h3-5,10,12H,6-7H2,1-2H3. The molecule has 0 aliphatic heterocycles. The molecule has 0 bridgehead atoms. The van der Waals surface area contributed by atoms with Gasteiger partial charge in [-0.05, 0) is 37.1 Å². The molecule has 0 amide bonds. The van der Waals surface area contributed by atoms with Gasteiger partial charge in [0.15, 0.2) is 0 Å². The van der Waals surface area contributed by atoms with Crippen molar-refractivity contribution in [2.45, 2.75) is 18.9 Å². The normalized spacial score (nSPS) is 20.0. The van der Waals surface area contributed by atoms with Gasteiger partial charge in [-0.2, -0.15) is 0 Å². The van der Waals surface area contributed by atoms with Gasteiger partial charge in [-0.3, -0.25) is 0 Å². The Hall–Kier alpha value is -1.02. The van der Waals surface area contributed by atoms with Gasteiger partial charge in [-0.25, -0.2) is 0 Å². The van der Waals surface area contributed by atoms with Crippen molar-refractivity contribution in [2.24, 2.45) is 0 Å². The highest BCUT2D eigenvalue weighted by Gasteiger charge is 2.23. The molecule has 0 heterocycles. The van der Waals surface area contributed by atoms with Crippen LogP contribution in [-0.4, -0.2) is 14.2 Å². The minimum atomic E-state index is 0.519. The third kappa shape index (κ3) is 1.31. The molecule has 0 fully saturated rings. The number of hydrogen-bond acceptors (Lipinski definition) is 2. The number of nitrogens with one attached hydrogen (secondary N) is 1. The average Bonchev–Trinajstić information content (AvgIpc) is 2.60. The molecule has 0 saturated heterocycles. The summed E-state index contributed by atoms with van der Waals surface area (Å²) in [4.78, 5) is 0. The molecule has 0 spiro atoms. The Morgan fingerprint density at radius 1 is 1.46 bits per heavy atom. The molecular weight excluding hydrogens is 162 g/mol. The molecule has 1 atom stereocenters. The molecule has 1 aromatic carbocycles. The van der Waals surface area contributed by atoms with Crippen molar-refractivity contribution in [3.63, 3.8) is 0 Å². The van der Waals surface area contributed by atoms with Gasteiger partial charge in [0.25, 0.3) is 0 Å². The Morgan fingerprint density at radius 3 is 3.00 bits per heavy atom. The summed E-state index contributed by atoms with van der Waals surface area (Å²) in [7, 11) is 3.75. The summed E-state index contributed by atoms with van der Waals surface area (Å²) in [6.07, 6.45) is 2.32. The monoisotopic (exact) mass is 177 g/mol. The zero-order chi connectivity index (χ0) is 9.26. The summed E-state index contributed by atoms with van der Waals surface area (Å²) in [5.41, 5.74) is 2.78. The quantitative estimate of drug-likeness (QED) is 0.745. The smallest absolute Gasteiger partial charge is 0.122 e. The maximum absolute atomic E-state index is 5.32. The maximum atomic E-state index is 5.32. The third-order valence-corrected chi connectivity index (χ3v) is 2.80. The lowest BCUT2D eigenvalue weighted by Gasteiger charge is -2.10. The first-order valence-electron chi connectivity index (χ1n) is 4.70. The van der Waals surface area contributed by atoms with E-state index in [0.717, 1.165) is 12.2 Å². The second-order valence-corrected chi connectivity index (χ2v) is 3.41. The predicted octanol–water partition coefficient (Wildman–Crippen LogP) is 1.90. The number of ether oxygens (including phenoxy) is 1.